The number of esters is 1. The first-order chi connectivity index (χ1) is 18.6. The summed E-state index contributed by atoms with van der Waals surface area (Å²) < 4.78 is 11.2. The van der Waals surface area contributed by atoms with Crippen molar-refractivity contribution in [3.63, 3.8) is 0 Å². The highest BCUT2D eigenvalue weighted by Gasteiger charge is 2.76. The van der Waals surface area contributed by atoms with Gasteiger partial charge in [0.25, 0.3) is 0 Å². The van der Waals surface area contributed by atoms with Crippen LogP contribution in [0, 0.1) is 39.9 Å². The van der Waals surface area contributed by atoms with Gasteiger partial charge in [0.15, 0.2) is 11.6 Å². The molecule has 8 nitrogen and oxygen atoms in total. The van der Waals surface area contributed by atoms with Crippen molar-refractivity contribution in [1.82, 2.24) is 4.90 Å². The number of allylic oxidation sites excluding steroid dienone is 4. The van der Waals surface area contributed by atoms with Gasteiger partial charge >= 0.3 is 5.97 Å². The molecule has 0 amide bonds. The third-order valence-corrected chi connectivity index (χ3v) is 11.4. The number of rotatable bonds is 6. The quantitative estimate of drug-likeness (QED) is 0.532. The lowest BCUT2D eigenvalue weighted by atomic mass is 9.44. The van der Waals surface area contributed by atoms with Gasteiger partial charge < -0.3 is 19.4 Å². The zero-order chi connectivity index (χ0) is 27.7. The van der Waals surface area contributed by atoms with E-state index in [0.717, 1.165) is 18.4 Å². The third kappa shape index (κ3) is 3.57. The topological polar surface area (TPSA) is 117 Å². The molecule has 4 aliphatic carbocycles. The number of Topliss-reactive ketones (excluding diaryl/α,β-unsaturated/α-hetero) is 1. The SMILES string of the molecule is CCOC(=O)C1[C@@H]2C[C@H]3[C@@H]4CCC5=CC(=O)C=C[C@]5(C)[C@H]4[C@@H](O)C[C@]3(C)[C@]2(C(=O)CO)CN1Cc1ccco1. The Morgan fingerprint density at radius 3 is 2.74 bits per heavy atom. The highest BCUT2D eigenvalue weighted by molar-refractivity contribution is 6.01. The van der Waals surface area contributed by atoms with Crippen molar-refractivity contribution in [2.45, 2.75) is 65.1 Å². The smallest absolute Gasteiger partial charge is 0.323 e. The number of aliphatic hydroxyl groups excluding tert-OH is 2. The van der Waals surface area contributed by atoms with Gasteiger partial charge in [-0.1, -0.05) is 25.5 Å². The van der Waals surface area contributed by atoms with E-state index in [4.69, 9.17) is 9.15 Å². The molecular formula is C31H39NO7. The molecule has 1 saturated heterocycles. The largest absolute Gasteiger partial charge is 0.468 e. The molecule has 1 aromatic rings. The molecular weight excluding hydrogens is 498 g/mol. The van der Waals surface area contributed by atoms with Crippen LogP contribution >= 0.6 is 0 Å². The highest BCUT2D eigenvalue weighted by atomic mass is 16.5. The van der Waals surface area contributed by atoms with E-state index >= 15 is 0 Å². The molecule has 3 saturated carbocycles. The summed E-state index contributed by atoms with van der Waals surface area (Å²) in [5, 5.41) is 22.2. The molecule has 210 valence electrons. The lowest BCUT2D eigenvalue weighted by molar-refractivity contribution is -0.159. The number of hydrogen-bond acceptors (Lipinski definition) is 8. The van der Waals surface area contributed by atoms with Crippen LogP contribution in [0.2, 0.25) is 0 Å². The Labute approximate surface area is 229 Å². The number of ketones is 2. The second-order valence-electron chi connectivity index (χ2n) is 12.8. The number of nitrogens with zero attached hydrogens (tertiary/aromatic N) is 1. The standard InChI is InChI=1S/C31H39NO7/c1-4-38-28(37)27-23-13-22-21-8-7-18-12-19(34)9-10-29(18,2)26(21)24(35)14-30(22,3)31(23,25(36)16-33)17-32(27)15-20-6-5-11-39-20/h5-6,9-12,21-24,26-27,33,35H,4,7-8,13-17H2,1-3H3/t21-,22-,23-,24-,26+,27?,29-,30-,31+/m0/s1. The van der Waals surface area contributed by atoms with E-state index in [9.17, 15) is 24.6 Å². The molecule has 5 aliphatic rings. The number of carbonyl (C=O) groups excluding carboxylic acids is 3. The average molecular weight is 538 g/mol. The van der Waals surface area contributed by atoms with Gasteiger partial charge in [-0.2, -0.15) is 0 Å². The van der Waals surface area contributed by atoms with Crippen LogP contribution in [-0.4, -0.2) is 64.6 Å². The molecule has 9 atom stereocenters. The van der Waals surface area contributed by atoms with Gasteiger partial charge in [0.05, 0.1) is 30.9 Å². The van der Waals surface area contributed by atoms with Crippen molar-refractivity contribution in [1.29, 1.82) is 0 Å². The minimum atomic E-state index is -1.00. The van der Waals surface area contributed by atoms with Crippen LogP contribution in [0.5, 0.6) is 0 Å². The summed E-state index contributed by atoms with van der Waals surface area (Å²) in [5.74, 6) is -0.152. The van der Waals surface area contributed by atoms with Crippen LogP contribution in [0.1, 0.15) is 52.2 Å². The molecule has 4 fully saturated rings. The van der Waals surface area contributed by atoms with Crippen LogP contribution in [0.15, 0.2) is 46.6 Å². The lowest BCUT2D eigenvalue weighted by Crippen LogP contribution is -2.60. The Kier molecular flexibility index (Phi) is 6.32. The fourth-order valence-corrected chi connectivity index (χ4v) is 9.94. The Balaban J connectivity index is 1.44. The van der Waals surface area contributed by atoms with Gasteiger partial charge in [-0.15, -0.1) is 0 Å². The van der Waals surface area contributed by atoms with E-state index in [1.807, 2.05) is 17.0 Å². The summed E-state index contributed by atoms with van der Waals surface area (Å²) in [4.78, 5) is 41.7. The first kappa shape index (κ1) is 26.7. The molecule has 0 bridgehead atoms. The minimum absolute atomic E-state index is 0.00659. The predicted octanol–water partition coefficient (Wildman–Crippen LogP) is 3.08. The Bertz CT molecular complexity index is 1240. The monoisotopic (exact) mass is 537 g/mol. The molecule has 8 heteroatoms. The Morgan fingerprint density at radius 2 is 2.05 bits per heavy atom. The summed E-state index contributed by atoms with van der Waals surface area (Å²) in [6, 6.07) is 3.01. The van der Waals surface area contributed by atoms with Crippen LogP contribution in [0.4, 0.5) is 0 Å². The van der Waals surface area contributed by atoms with Crippen LogP contribution in [0.3, 0.4) is 0 Å². The molecule has 2 N–H and O–H groups in total. The van der Waals surface area contributed by atoms with E-state index in [1.54, 1.807) is 31.4 Å². The first-order valence-electron chi connectivity index (χ1n) is 14.3. The summed E-state index contributed by atoms with van der Waals surface area (Å²) in [6.07, 6.45) is 8.87. The second kappa shape index (κ2) is 9.25. The first-order valence-corrected chi connectivity index (χ1v) is 14.3. The average Bonchev–Trinajstić information content (AvgIpc) is 3.58. The number of aliphatic hydroxyl groups is 2. The van der Waals surface area contributed by atoms with Crippen LogP contribution < -0.4 is 0 Å². The van der Waals surface area contributed by atoms with Gasteiger partial charge in [-0.05, 0) is 80.1 Å². The van der Waals surface area contributed by atoms with E-state index in [-0.39, 0.29) is 47.8 Å². The summed E-state index contributed by atoms with van der Waals surface area (Å²) in [7, 11) is 0. The van der Waals surface area contributed by atoms with Crippen LogP contribution in [0.25, 0.3) is 0 Å². The highest BCUT2D eigenvalue weighted by Crippen LogP contribution is 2.73. The number of fused-ring (bicyclic) bond motifs is 7. The van der Waals surface area contributed by atoms with E-state index in [1.165, 1.54) is 0 Å². The molecule has 39 heavy (non-hydrogen) atoms. The molecule has 1 aromatic heterocycles. The molecule has 0 aromatic carbocycles. The van der Waals surface area contributed by atoms with Gasteiger partial charge in [-0.25, -0.2) is 0 Å². The van der Waals surface area contributed by atoms with E-state index in [2.05, 4.69) is 13.8 Å². The van der Waals surface area contributed by atoms with Gasteiger partial charge in [0.2, 0.25) is 0 Å². The fourth-order valence-electron chi connectivity index (χ4n) is 9.94. The summed E-state index contributed by atoms with van der Waals surface area (Å²) in [5.41, 5.74) is -0.966. The third-order valence-electron chi connectivity index (χ3n) is 11.4. The maximum Gasteiger partial charge on any atom is 0.323 e. The molecule has 1 aliphatic heterocycles. The van der Waals surface area contributed by atoms with Crippen molar-refractivity contribution >= 4 is 17.5 Å². The molecule has 6 rings (SSSR count). The predicted molar refractivity (Wildman–Crippen MR) is 141 cm³/mol. The maximum atomic E-state index is 14.0. The Hall–Kier alpha value is -2.55. The van der Waals surface area contributed by atoms with Crippen molar-refractivity contribution in [3.8, 4) is 0 Å². The van der Waals surface area contributed by atoms with Crippen molar-refractivity contribution in [3.05, 3.63) is 48.0 Å². The van der Waals surface area contributed by atoms with Gasteiger partial charge in [0, 0.05) is 17.9 Å². The zero-order valence-electron chi connectivity index (χ0n) is 23.0. The van der Waals surface area contributed by atoms with Gasteiger partial charge in [-0.3, -0.25) is 19.3 Å². The van der Waals surface area contributed by atoms with Crippen LogP contribution in [-0.2, 0) is 25.7 Å². The maximum absolute atomic E-state index is 14.0. The molecule has 0 spiro atoms. The number of likely N-dealkylation sites (tertiary alicyclic amines) is 1. The van der Waals surface area contributed by atoms with Crippen molar-refractivity contribution in [2.75, 3.05) is 19.8 Å². The molecule has 0 radical (unpaired) electrons. The van der Waals surface area contributed by atoms with Gasteiger partial charge in [0.1, 0.15) is 18.4 Å². The number of furan rings is 1. The van der Waals surface area contributed by atoms with E-state index < -0.39 is 35.0 Å². The summed E-state index contributed by atoms with van der Waals surface area (Å²) >= 11 is 0. The van der Waals surface area contributed by atoms with E-state index in [0.29, 0.717) is 31.7 Å². The Morgan fingerprint density at radius 1 is 1.26 bits per heavy atom. The molecule has 1 unspecified atom stereocenters. The number of ether oxygens (including phenoxy) is 1. The molecule has 2 heterocycles. The number of carbonyl (C=O) groups is 3. The minimum Gasteiger partial charge on any atom is -0.468 e. The summed E-state index contributed by atoms with van der Waals surface area (Å²) in [6.45, 7) is 6.30. The lowest BCUT2D eigenvalue weighted by Gasteiger charge is -2.60. The zero-order valence-corrected chi connectivity index (χ0v) is 23.0. The fraction of sp³-hybridized carbons (Fsp3) is 0.645. The second-order valence-corrected chi connectivity index (χ2v) is 12.8. The van der Waals surface area contributed by atoms with Crippen molar-refractivity contribution in [2.24, 2.45) is 39.9 Å². The van der Waals surface area contributed by atoms with Crippen molar-refractivity contribution < 1.29 is 33.8 Å². The normalized spacial score (nSPS) is 42.8. The number of hydrogen-bond donors (Lipinski definition) is 2.